The van der Waals surface area contributed by atoms with Crippen LogP contribution in [-0.2, 0) is 72.7 Å². The Morgan fingerprint density at radius 1 is 0.529 bits per heavy atom. The van der Waals surface area contributed by atoms with Gasteiger partial charge in [-0.3, -0.25) is 39.9 Å². The molecule has 11 rings (SSSR count). The number of aliphatic hydroxyl groups is 3. The predicted molar refractivity (Wildman–Crippen MR) is 336 cm³/mol. The lowest BCUT2D eigenvalue weighted by Crippen LogP contribution is -2.53. The molecule has 87 heavy (non-hydrogen) atoms. The van der Waals surface area contributed by atoms with Crippen molar-refractivity contribution in [3.05, 3.63) is 154 Å². The van der Waals surface area contributed by atoms with Gasteiger partial charge in [-0.05, 0) is 135 Å². The van der Waals surface area contributed by atoms with Gasteiger partial charge in [-0.2, -0.15) is 4.72 Å². The van der Waals surface area contributed by atoms with Gasteiger partial charge >= 0.3 is 0 Å². The van der Waals surface area contributed by atoms with E-state index in [1.54, 1.807) is 73.3 Å². The zero-order chi connectivity index (χ0) is 63.1. The quantitative estimate of drug-likeness (QED) is 0.0795. The number of benzene rings is 1. The highest BCUT2D eigenvalue weighted by Gasteiger charge is 2.42. The van der Waals surface area contributed by atoms with Gasteiger partial charge in [0, 0.05) is 66.2 Å². The summed E-state index contributed by atoms with van der Waals surface area (Å²) in [5.41, 5.74) is 4.80. The zero-order valence-corrected chi connectivity index (χ0v) is 53.4. The lowest BCUT2D eigenvalue weighted by Gasteiger charge is -2.45. The highest BCUT2D eigenvalue weighted by molar-refractivity contribution is 8.06. The minimum Gasteiger partial charge on any atom is -0.394 e. The number of rotatable bonds is 13. The van der Waals surface area contributed by atoms with Gasteiger partial charge in [-0.15, -0.1) is 0 Å². The molecule has 8 heterocycles. The zero-order valence-electron chi connectivity index (χ0n) is 50.2. The Morgan fingerprint density at radius 2 is 0.943 bits per heavy atom. The molecule has 4 aromatic heterocycles. The van der Waals surface area contributed by atoms with Crippen molar-refractivity contribution in [2.45, 2.75) is 144 Å². The molecule has 23 nitrogen and oxygen atoms in total. The maximum atomic E-state index is 12.7. The maximum absolute atomic E-state index is 12.7. The average molecular weight is 1270 g/mol. The van der Waals surface area contributed by atoms with Gasteiger partial charge in [-0.1, -0.05) is 71.9 Å². The maximum Gasteiger partial charge on any atom is 0.258 e. The lowest BCUT2D eigenvalue weighted by atomic mass is 9.63. The van der Waals surface area contributed by atoms with Gasteiger partial charge in [0.25, 0.3) is 40.1 Å². The van der Waals surface area contributed by atoms with E-state index in [2.05, 4.69) is 93.4 Å². The molecule has 2 unspecified atom stereocenters. The molecule has 2 saturated carbocycles. The van der Waals surface area contributed by atoms with Crippen LogP contribution >= 0.6 is 0 Å². The molecule has 4 aliphatic heterocycles. The SMILES string of the molecule is CC(C)(C)C1CCC(NS(=O)(=O)C2=NCc3ncccc32)CC1.CC(CO)(CO)NS(=O)(=O)C1=NCc2ncccc21.CC1(C)CC(O)CC(C)(CNS(=O)(=O)C2=NCc3ncccc32)C1.O=S(=O)(NCCc1ccccc1)C1=NCc2ncccc21. The Morgan fingerprint density at radius 3 is 1.36 bits per heavy atom. The van der Waals surface area contributed by atoms with Crippen LogP contribution in [0.2, 0.25) is 0 Å². The fraction of sp³-hybridized carbons (Fsp3) is 0.500. The molecule has 27 heteroatoms. The van der Waals surface area contributed by atoms with Crippen LogP contribution in [0.4, 0.5) is 0 Å². The van der Waals surface area contributed by atoms with Crippen LogP contribution in [0.1, 0.15) is 144 Å². The number of hydrogen-bond donors (Lipinski definition) is 7. The first-order valence-corrected chi connectivity index (χ1v) is 34.8. The number of pyridine rings is 4. The molecule has 7 N–H and O–H groups in total. The van der Waals surface area contributed by atoms with Crippen molar-refractivity contribution in [3.63, 3.8) is 0 Å². The number of sulfonamides is 4. The summed E-state index contributed by atoms with van der Waals surface area (Å²) in [5.74, 6) is 0.664. The second-order valence-corrected chi connectivity index (χ2v) is 31.8. The normalized spacial score (nSPS) is 21.3. The van der Waals surface area contributed by atoms with Crippen LogP contribution in [-0.4, -0.2) is 133 Å². The summed E-state index contributed by atoms with van der Waals surface area (Å²) in [4.78, 5) is 33.0. The van der Waals surface area contributed by atoms with Crippen molar-refractivity contribution < 1.29 is 49.0 Å². The van der Waals surface area contributed by atoms with Crippen molar-refractivity contribution >= 4 is 60.3 Å². The van der Waals surface area contributed by atoms with E-state index < -0.39 is 64.9 Å². The third-order valence-corrected chi connectivity index (χ3v) is 21.9. The van der Waals surface area contributed by atoms with E-state index in [1.807, 2.05) is 37.3 Å². The first-order chi connectivity index (χ1) is 41.0. The number of aliphatic hydroxyl groups excluding tert-OH is 3. The molecule has 0 radical (unpaired) electrons. The minimum absolute atomic E-state index is 0.000740. The van der Waals surface area contributed by atoms with E-state index in [-0.39, 0.29) is 43.6 Å². The topological polar surface area (TPSA) is 346 Å². The van der Waals surface area contributed by atoms with Gasteiger partial charge in [0.15, 0.2) is 20.2 Å². The molecule has 0 spiro atoms. The molecule has 2 aliphatic carbocycles. The van der Waals surface area contributed by atoms with E-state index in [0.717, 1.165) is 49.8 Å². The summed E-state index contributed by atoms with van der Waals surface area (Å²) in [6.07, 6.45) is 12.9. The predicted octanol–water partition coefficient (Wildman–Crippen LogP) is 5.21. The van der Waals surface area contributed by atoms with Crippen LogP contribution < -0.4 is 18.9 Å². The molecular weight excluding hydrogens is 1190 g/mol. The van der Waals surface area contributed by atoms with E-state index in [4.69, 9.17) is 10.2 Å². The fourth-order valence-corrected chi connectivity index (χ4v) is 17.5. The molecule has 0 amide bonds. The lowest BCUT2D eigenvalue weighted by molar-refractivity contribution is -0.00653. The fourth-order valence-electron chi connectivity index (χ4n) is 11.8. The Bertz CT molecular complexity index is 3870. The Hall–Kier alpha value is -5.98. The van der Waals surface area contributed by atoms with Crippen molar-refractivity contribution in [2.75, 3.05) is 26.3 Å². The van der Waals surface area contributed by atoms with Gasteiger partial charge in [0.05, 0.1) is 73.8 Å². The largest absolute Gasteiger partial charge is 0.394 e. The summed E-state index contributed by atoms with van der Waals surface area (Å²) in [5, 5.41) is 28.7. The summed E-state index contributed by atoms with van der Waals surface area (Å²) in [6, 6.07) is 23.5. The first-order valence-electron chi connectivity index (χ1n) is 28.9. The Labute approximate surface area is 511 Å². The first kappa shape index (κ1) is 67.0. The van der Waals surface area contributed by atoms with Crippen molar-refractivity contribution in [2.24, 2.45) is 42.1 Å². The molecular formula is C60H80N12O11S4. The summed E-state index contributed by atoms with van der Waals surface area (Å²) < 4.78 is 110. The van der Waals surface area contributed by atoms with E-state index in [9.17, 15) is 38.8 Å². The second kappa shape index (κ2) is 27.4. The summed E-state index contributed by atoms with van der Waals surface area (Å²) >= 11 is 0. The van der Waals surface area contributed by atoms with Crippen LogP contribution in [0.5, 0.6) is 0 Å². The van der Waals surface area contributed by atoms with Gasteiger partial charge < -0.3 is 15.3 Å². The average Bonchev–Trinajstić information content (AvgIpc) is 1.99. The summed E-state index contributed by atoms with van der Waals surface area (Å²) in [7, 11) is -14.8. The van der Waals surface area contributed by atoms with Crippen molar-refractivity contribution in [1.29, 1.82) is 0 Å². The second-order valence-electron chi connectivity index (χ2n) is 25.2. The van der Waals surface area contributed by atoms with Gasteiger partial charge in [0.2, 0.25) is 0 Å². The molecule has 470 valence electrons. The standard InChI is InChI=1S/C17H25N3O3S.C17H25N3O2S.C15H15N3O2S.C11H15N3O4S/c1-16(2)7-12(21)8-17(3,10-16)11-20-24(22,23)15-13-5-4-6-18-14(13)9-19-15;1-17(2,3)12-6-8-13(9-7-12)20-23(21,22)16-14-5-4-10-18-15(14)11-19-16;19-21(20,18-10-8-12-5-2-1-3-6-12)15-13-7-4-9-16-14(13)11-17-15;1-11(6-15,7-16)14-19(17,18)10-8-3-2-4-12-9(8)5-13-10/h4-6,12,20-21H,7-11H2,1-3H3;4-5,10,12-13,20H,6-9,11H2,1-3H3;1-7,9,18H,8,10-11H2;2-4,14-16H,5-7H2,1H3. The van der Waals surface area contributed by atoms with Gasteiger partial charge in [0.1, 0.15) is 0 Å². The van der Waals surface area contributed by atoms with E-state index in [0.29, 0.717) is 96.2 Å². The molecule has 0 saturated heterocycles. The number of aliphatic imine (C=N–C) groups is 4. The number of fused-ring (bicyclic) bond motifs is 4. The van der Waals surface area contributed by atoms with Crippen LogP contribution in [0, 0.1) is 22.2 Å². The van der Waals surface area contributed by atoms with Crippen molar-refractivity contribution in [1.82, 2.24) is 38.8 Å². The highest BCUT2D eigenvalue weighted by Crippen LogP contribution is 2.46. The minimum atomic E-state index is -3.92. The Balaban J connectivity index is 0.000000151. The molecule has 1 aromatic carbocycles. The van der Waals surface area contributed by atoms with Gasteiger partial charge in [-0.25, -0.2) is 47.8 Å². The van der Waals surface area contributed by atoms with Crippen molar-refractivity contribution in [3.8, 4) is 0 Å². The molecule has 0 bridgehead atoms. The molecule has 2 fully saturated rings. The highest BCUT2D eigenvalue weighted by atomic mass is 32.2. The monoisotopic (exact) mass is 1270 g/mol. The van der Waals surface area contributed by atoms with Crippen LogP contribution in [0.15, 0.2) is 124 Å². The van der Waals surface area contributed by atoms with E-state index >= 15 is 0 Å². The molecule has 5 aromatic rings. The number of aromatic nitrogens is 4. The Kier molecular flexibility index (Phi) is 21.1. The van der Waals surface area contributed by atoms with E-state index in [1.165, 1.54) is 6.92 Å². The number of hydrogen-bond acceptors (Lipinski definition) is 19. The molecule has 2 atom stereocenters. The number of nitrogens with one attached hydrogen (secondary N) is 4. The van der Waals surface area contributed by atoms with Crippen LogP contribution in [0.25, 0.3) is 0 Å². The third kappa shape index (κ3) is 17.1. The molecule has 6 aliphatic rings. The third-order valence-electron chi connectivity index (χ3n) is 16.0. The summed E-state index contributed by atoms with van der Waals surface area (Å²) in [6.45, 7) is 15.3. The smallest absolute Gasteiger partial charge is 0.258 e. The van der Waals surface area contributed by atoms with Crippen LogP contribution in [0.3, 0.4) is 0 Å². The number of nitrogens with zero attached hydrogens (tertiary/aromatic N) is 8.